The molecule has 4 nitrogen and oxygen atoms in total. The van der Waals surface area contributed by atoms with Gasteiger partial charge in [0.1, 0.15) is 4.32 Å². The van der Waals surface area contributed by atoms with Gasteiger partial charge >= 0.3 is 5.97 Å². The van der Waals surface area contributed by atoms with Crippen LogP contribution in [0.5, 0.6) is 0 Å². The van der Waals surface area contributed by atoms with Crippen molar-refractivity contribution in [3.63, 3.8) is 0 Å². The lowest BCUT2D eigenvalue weighted by Gasteiger charge is -2.12. The molecule has 18 heavy (non-hydrogen) atoms. The molecule has 1 aromatic rings. The van der Waals surface area contributed by atoms with E-state index in [0.717, 1.165) is 4.88 Å². The van der Waals surface area contributed by atoms with E-state index in [1.54, 1.807) is 6.08 Å². The molecule has 0 saturated carbocycles. The number of carbonyl (C=O) groups is 2. The number of carboxylic acids is 1. The molecule has 1 amide bonds. The molecule has 0 atom stereocenters. The maximum Gasteiger partial charge on any atom is 0.305 e. The van der Waals surface area contributed by atoms with Crippen molar-refractivity contribution in [2.45, 2.75) is 6.42 Å². The molecule has 0 radical (unpaired) electrons. The third-order valence-corrected chi connectivity index (χ3v) is 4.44. The van der Waals surface area contributed by atoms with Crippen molar-refractivity contribution in [2.75, 3.05) is 6.54 Å². The van der Waals surface area contributed by atoms with Crippen LogP contribution in [0.15, 0.2) is 22.4 Å². The summed E-state index contributed by atoms with van der Waals surface area (Å²) in [4.78, 5) is 25.4. The third-order valence-electron chi connectivity index (χ3n) is 2.24. The number of hydrogen-bond donors (Lipinski definition) is 1. The van der Waals surface area contributed by atoms with Crippen LogP contribution in [0.25, 0.3) is 6.08 Å². The molecule has 2 rings (SSSR count). The van der Waals surface area contributed by atoms with Crippen molar-refractivity contribution < 1.29 is 14.7 Å². The molecule has 0 aromatic carbocycles. The number of thiophene rings is 1. The van der Waals surface area contributed by atoms with Gasteiger partial charge < -0.3 is 5.11 Å². The molecule has 1 aromatic heterocycles. The summed E-state index contributed by atoms with van der Waals surface area (Å²) < 4.78 is 0.420. The Morgan fingerprint density at radius 2 is 2.33 bits per heavy atom. The van der Waals surface area contributed by atoms with Crippen molar-refractivity contribution in [2.24, 2.45) is 0 Å². The van der Waals surface area contributed by atoms with Gasteiger partial charge in [-0.2, -0.15) is 0 Å². The summed E-state index contributed by atoms with van der Waals surface area (Å²) in [5.74, 6) is -1.15. The molecule has 0 aliphatic carbocycles. The first-order chi connectivity index (χ1) is 8.58. The number of aliphatic carboxylic acids is 1. The molecule has 0 bridgehead atoms. The predicted octanol–water partition coefficient (Wildman–Crippen LogP) is 2.42. The first-order valence-electron chi connectivity index (χ1n) is 5.08. The second-order valence-corrected chi connectivity index (χ2v) is 6.15. The van der Waals surface area contributed by atoms with Crippen LogP contribution in [0, 0.1) is 0 Å². The topological polar surface area (TPSA) is 57.6 Å². The average molecular weight is 299 g/mol. The Morgan fingerprint density at radius 3 is 2.94 bits per heavy atom. The highest BCUT2D eigenvalue weighted by atomic mass is 32.2. The standard InChI is InChI=1S/C11H9NO3S3/c13-9(14)3-4-12-10(15)8(18-11(12)16)6-7-2-1-5-17-7/h1-2,5-6H,3-4H2,(H,13,14)/b8-6+. The SMILES string of the molecule is O=C(O)CCN1C(=O)/C(=C\c2cccs2)SC1=S. The second-order valence-electron chi connectivity index (χ2n) is 3.49. The molecule has 1 aliphatic rings. The highest BCUT2D eigenvalue weighted by molar-refractivity contribution is 8.26. The van der Waals surface area contributed by atoms with E-state index in [2.05, 4.69) is 0 Å². The Morgan fingerprint density at radius 1 is 1.56 bits per heavy atom. The summed E-state index contributed by atoms with van der Waals surface area (Å²) >= 11 is 7.83. The Labute approximate surface area is 117 Å². The van der Waals surface area contributed by atoms with Gasteiger partial charge in [-0.05, 0) is 17.5 Å². The molecule has 94 valence electrons. The number of rotatable bonds is 4. The lowest BCUT2D eigenvalue weighted by Crippen LogP contribution is -2.30. The van der Waals surface area contributed by atoms with Crippen molar-refractivity contribution in [1.29, 1.82) is 0 Å². The zero-order valence-electron chi connectivity index (χ0n) is 9.16. The monoisotopic (exact) mass is 299 g/mol. The van der Waals surface area contributed by atoms with E-state index in [0.29, 0.717) is 9.23 Å². The highest BCUT2D eigenvalue weighted by Gasteiger charge is 2.32. The number of thiocarbonyl (C=S) groups is 1. The first kappa shape index (κ1) is 13.3. The van der Waals surface area contributed by atoms with E-state index in [9.17, 15) is 9.59 Å². The van der Waals surface area contributed by atoms with E-state index in [-0.39, 0.29) is 18.9 Å². The van der Waals surface area contributed by atoms with E-state index in [1.165, 1.54) is 28.0 Å². The smallest absolute Gasteiger partial charge is 0.305 e. The van der Waals surface area contributed by atoms with E-state index < -0.39 is 5.97 Å². The molecule has 1 N–H and O–H groups in total. The summed E-state index contributed by atoms with van der Waals surface area (Å²) in [7, 11) is 0. The van der Waals surface area contributed by atoms with Gasteiger partial charge in [0.05, 0.1) is 11.3 Å². The summed E-state index contributed by atoms with van der Waals surface area (Å²) in [5, 5.41) is 10.5. The zero-order chi connectivity index (χ0) is 13.1. The van der Waals surface area contributed by atoms with Gasteiger partial charge in [0.2, 0.25) is 0 Å². The number of carboxylic acid groups (broad SMARTS) is 1. The van der Waals surface area contributed by atoms with Crippen LogP contribution >= 0.6 is 35.3 Å². The van der Waals surface area contributed by atoms with Crippen LogP contribution in [0.3, 0.4) is 0 Å². The van der Waals surface area contributed by atoms with E-state index in [4.69, 9.17) is 17.3 Å². The Kier molecular flexibility index (Phi) is 4.15. The van der Waals surface area contributed by atoms with Crippen molar-refractivity contribution in [3.8, 4) is 0 Å². The second kappa shape index (κ2) is 5.64. The molecule has 0 unspecified atom stereocenters. The van der Waals surface area contributed by atoms with E-state index in [1.807, 2.05) is 17.5 Å². The minimum Gasteiger partial charge on any atom is -0.481 e. The number of nitrogens with zero attached hydrogens (tertiary/aromatic N) is 1. The number of thioether (sulfide) groups is 1. The molecule has 1 saturated heterocycles. The van der Waals surface area contributed by atoms with Gasteiger partial charge in [-0.15, -0.1) is 11.3 Å². The fourth-order valence-corrected chi connectivity index (χ4v) is 3.43. The average Bonchev–Trinajstić information content (AvgIpc) is 2.88. The van der Waals surface area contributed by atoms with Crippen molar-refractivity contribution in [1.82, 2.24) is 4.90 Å². The van der Waals surface area contributed by atoms with Gasteiger partial charge in [-0.1, -0.05) is 30.0 Å². The molecule has 1 aliphatic heterocycles. The van der Waals surface area contributed by atoms with Crippen LogP contribution in [0.1, 0.15) is 11.3 Å². The Balaban J connectivity index is 2.11. The highest BCUT2D eigenvalue weighted by Crippen LogP contribution is 2.33. The summed E-state index contributed by atoms with van der Waals surface area (Å²) in [6, 6.07) is 3.82. The fraction of sp³-hybridized carbons (Fsp3) is 0.182. The van der Waals surface area contributed by atoms with Crippen LogP contribution in [0.4, 0.5) is 0 Å². The molecule has 1 fully saturated rings. The summed E-state index contributed by atoms with van der Waals surface area (Å²) in [6.45, 7) is 0.127. The minimum absolute atomic E-state index is 0.0985. The van der Waals surface area contributed by atoms with Crippen LogP contribution in [0.2, 0.25) is 0 Å². The van der Waals surface area contributed by atoms with Gasteiger partial charge in [-0.3, -0.25) is 14.5 Å². The zero-order valence-corrected chi connectivity index (χ0v) is 11.6. The van der Waals surface area contributed by atoms with E-state index >= 15 is 0 Å². The Hall–Kier alpha value is -1.18. The number of amides is 1. The van der Waals surface area contributed by atoms with Gasteiger partial charge in [-0.25, -0.2) is 0 Å². The van der Waals surface area contributed by atoms with Crippen LogP contribution < -0.4 is 0 Å². The molecule has 2 heterocycles. The maximum atomic E-state index is 12.0. The minimum atomic E-state index is -0.939. The third kappa shape index (κ3) is 2.98. The summed E-state index contributed by atoms with van der Waals surface area (Å²) in [5.41, 5.74) is 0. The van der Waals surface area contributed by atoms with Crippen LogP contribution in [-0.2, 0) is 9.59 Å². The van der Waals surface area contributed by atoms with Crippen molar-refractivity contribution in [3.05, 3.63) is 27.3 Å². The predicted molar refractivity (Wildman–Crippen MR) is 76.5 cm³/mol. The van der Waals surface area contributed by atoms with Gasteiger partial charge in [0, 0.05) is 11.4 Å². The van der Waals surface area contributed by atoms with Crippen LogP contribution in [-0.4, -0.2) is 32.7 Å². The lowest BCUT2D eigenvalue weighted by atomic mass is 10.3. The quantitative estimate of drug-likeness (QED) is 0.683. The van der Waals surface area contributed by atoms with Crippen molar-refractivity contribution >= 4 is 57.6 Å². The number of carbonyl (C=O) groups excluding carboxylic acids is 1. The Bertz CT molecular complexity index is 522. The number of hydrogen-bond acceptors (Lipinski definition) is 5. The normalized spacial score (nSPS) is 17.8. The maximum absolute atomic E-state index is 12.0. The fourth-order valence-electron chi connectivity index (χ4n) is 1.40. The largest absolute Gasteiger partial charge is 0.481 e. The molecule has 0 spiro atoms. The summed E-state index contributed by atoms with van der Waals surface area (Å²) in [6.07, 6.45) is 1.68. The van der Waals surface area contributed by atoms with Gasteiger partial charge in [0.25, 0.3) is 5.91 Å². The van der Waals surface area contributed by atoms with Gasteiger partial charge in [0.15, 0.2) is 0 Å². The molecular weight excluding hydrogens is 290 g/mol. The molecular formula is C11H9NO3S3. The lowest BCUT2D eigenvalue weighted by molar-refractivity contribution is -0.137. The first-order valence-corrected chi connectivity index (χ1v) is 7.19. The molecule has 7 heteroatoms.